The lowest BCUT2D eigenvalue weighted by Gasteiger charge is -2.05. The fraction of sp³-hybridized carbons (Fsp3) is 0.0909. The Morgan fingerprint density at radius 3 is 2.79 bits per heavy atom. The number of halogens is 1. The number of rotatable bonds is 4. The van der Waals surface area contributed by atoms with Gasteiger partial charge in [0.25, 0.3) is 0 Å². The number of hydrogen-bond donors (Lipinski definition) is 1. The Morgan fingerprint density at radius 1 is 1.42 bits per heavy atom. The first-order chi connectivity index (χ1) is 9.11. The van der Waals surface area contributed by atoms with Crippen molar-refractivity contribution in [3.63, 3.8) is 0 Å². The molecule has 0 unspecified atom stereocenters. The lowest BCUT2D eigenvalue weighted by atomic mass is 10.4. The maximum absolute atomic E-state index is 11.0. The monoisotopic (exact) mass is 340 g/mol. The fourth-order valence-electron chi connectivity index (χ4n) is 1.31. The normalized spacial score (nSPS) is 10.2. The van der Waals surface area contributed by atoms with E-state index in [4.69, 9.17) is 0 Å². The third kappa shape index (κ3) is 3.21. The van der Waals surface area contributed by atoms with E-state index in [1.165, 1.54) is 18.0 Å². The van der Waals surface area contributed by atoms with Crippen molar-refractivity contribution in [2.24, 2.45) is 0 Å². The molecule has 0 aliphatic heterocycles. The second-order valence-corrected chi connectivity index (χ2v) is 5.31. The summed E-state index contributed by atoms with van der Waals surface area (Å²) in [6, 6.07) is 7.47. The van der Waals surface area contributed by atoms with Crippen LogP contribution in [0.25, 0.3) is 0 Å². The summed E-state index contributed by atoms with van der Waals surface area (Å²) in [5.74, 6) is 0.347. The zero-order valence-corrected chi connectivity index (χ0v) is 12.2. The summed E-state index contributed by atoms with van der Waals surface area (Å²) in [7, 11) is 1.66. The van der Waals surface area contributed by atoms with Gasteiger partial charge in [-0.05, 0) is 28.1 Å². The first kappa shape index (κ1) is 13.8. The predicted octanol–water partition coefficient (Wildman–Crippen LogP) is 3.34. The van der Waals surface area contributed by atoms with Crippen LogP contribution in [0.2, 0.25) is 0 Å². The lowest BCUT2D eigenvalue weighted by molar-refractivity contribution is -0.388. The molecule has 2 rings (SSSR count). The van der Waals surface area contributed by atoms with Gasteiger partial charge in [-0.25, -0.2) is 4.98 Å². The van der Waals surface area contributed by atoms with Crippen LogP contribution in [0.5, 0.6) is 0 Å². The van der Waals surface area contributed by atoms with E-state index in [9.17, 15) is 10.1 Å². The first-order valence-corrected chi connectivity index (χ1v) is 6.84. The molecule has 2 aromatic rings. The molecule has 8 heteroatoms. The van der Waals surface area contributed by atoms with Crippen LogP contribution in [0.15, 0.2) is 44.9 Å². The first-order valence-electron chi connectivity index (χ1n) is 5.23. The number of benzene rings is 1. The van der Waals surface area contributed by atoms with Crippen LogP contribution in [0.3, 0.4) is 0 Å². The van der Waals surface area contributed by atoms with Crippen molar-refractivity contribution < 1.29 is 4.92 Å². The third-order valence-corrected chi connectivity index (χ3v) is 4.22. The van der Waals surface area contributed by atoms with Crippen LogP contribution in [-0.4, -0.2) is 21.9 Å². The SMILES string of the molecule is CNc1ncc([N+](=O)[O-])c(Sc2ccccc2Br)n1. The van der Waals surface area contributed by atoms with Gasteiger partial charge < -0.3 is 5.32 Å². The molecule has 98 valence electrons. The number of anilines is 1. The fourth-order valence-corrected chi connectivity index (χ4v) is 2.72. The molecule has 1 heterocycles. The average molecular weight is 341 g/mol. The van der Waals surface area contributed by atoms with E-state index < -0.39 is 4.92 Å². The summed E-state index contributed by atoms with van der Waals surface area (Å²) in [6.45, 7) is 0. The lowest BCUT2D eigenvalue weighted by Crippen LogP contribution is -2.00. The summed E-state index contributed by atoms with van der Waals surface area (Å²) in [5.41, 5.74) is -0.111. The molecule has 0 fully saturated rings. The van der Waals surface area contributed by atoms with E-state index in [0.29, 0.717) is 11.0 Å². The minimum absolute atomic E-state index is 0.111. The van der Waals surface area contributed by atoms with Crippen molar-refractivity contribution >= 4 is 39.3 Å². The van der Waals surface area contributed by atoms with E-state index >= 15 is 0 Å². The highest BCUT2D eigenvalue weighted by atomic mass is 79.9. The van der Waals surface area contributed by atoms with Gasteiger partial charge >= 0.3 is 5.69 Å². The van der Waals surface area contributed by atoms with E-state index in [1.54, 1.807) is 7.05 Å². The van der Waals surface area contributed by atoms with Gasteiger partial charge in [-0.15, -0.1) is 0 Å². The van der Waals surface area contributed by atoms with Crippen molar-refractivity contribution in [2.75, 3.05) is 12.4 Å². The quantitative estimate of drug-likeness (QED) is 0.522. The molecule has 1 aromatic heterocycles. The van der Waals surface area contributed by atoms with Gasteiger partial charge in [0.05, 0.1) is 4.92 Å². The molecule has 0 saturated heterocycles. The molecule has 0 saturated carbocycles. The van der Waals surface area contributed by atoms with Crippen molar-refractivity contribution in [1.82, 2.24) is 9.97 Å². The Kier molecular flexibility index (Phi) is 4.33. The van der Waals surface area contributed by atoms with Gasteiger partial charge in [0, 0.05) is 16.4 Å². The Labute approximate surface area is 121 Å². The average Bonchev–Trinajstić information content (AvgIpc) is 2.41. The maximum Gasteiger partial charge on any atom is 0.320 e. The molecular weight excluding hydrogens is 332 g/mol. The Bertz CT molecular complexity index is 623. The van der Waals surface area contributed by atoms with Crippen molar-refractivity contribution in [1.29, 1.82) is 0 Å². The molecular formula is C11H9BrN4O2S. The van der Waals surface area contributed by atoms with Crippen LogP contribution >= 0.6 is 27.7 Å². The topological polar surface area (TPSA) is 81.0 Å². The zero-order valence-electron chi connectivity index (χ0n) is 9.83. The van der Waals surface area contributed by atoms with Crippen LogP contribution in [0.1, 0.15) is 0 Å². The molecule has 0 aliphatic rings. The van der Waals surface area contributed by atoms with E-state index in [-0.39, 0.29) is 5.69 Å². The standard InChI is InChI=1S/C11H9BrN4O2S/c1-13-11-14-6-8(16(17)18)10(15-11)19-9-5-3-2-4-7(9)12/h2-6H,1H3,(H,13,14,15). The minimum atomic E-state index is -0.487. The number of nitrogens with zero attached hydrogens (tertiary/aromatic N) is 3. The summed E-state index contributed by atoms with van der Waals surface area (Å²) in [4.78, 5) is 19.3. The third-order valence-electron chi connectivity index (χ3n) is 2.20. The van der Waals surface area contributed by atoms with E-state index in [0.717, 1.165) is 9.37 Å². The molecule has 0 bridgehead atoms. The van der Waals surface area contributed by atoms with Crippen LogP contribution in [0.4, 0.5) is 11.6 Å². The molecule has 0 atom stereocenters. The van der Waals surface area contributed by atoms with E-state index in [1.807, 2.05) is 24.3 Å². The number of nitro groups is 1. The largest absolute Gasteiger partial charge is 0.357 e. The number of nitrogens with one attached hydrogen (secondary N) is 1. The molecule has 1 aromatic carbocycles. The highest BCUT2D eigenvalue weighted by Gasteiger charge is 2.19. The van der Waals surface area contributed by atoms with Gasteiger partial charge in [-0.3, -0.25) is 10.1 Å². The number of hydrogen-bond acceptors (Lipinski definition) is 6. The van der Waals surface area contributed by atoms with Gasteiger partial charge in [-0.2, -0.15) is 4.98 Å². The summed E-state index contributed by atoms with van der Waals surface area (Å²) < 4.78 is 0.860. The molecule has 6 nitrogen and oxygen atoms in total. The molecule has 0 aliphatic carbocycles. The van der Waals surface area contributed by atoms with Gasteiger partial charge in [0.15, 0.2) is 5.03 Å². The second kappa shape index (κ2) is 5.98. The Morgan fingerprint density at radius 2 is 2.16 bits per heavy atom. The highest BCUT2D eigenvalue weighted by molar-refractivity contribution is 9.10. The summed E-state index contributed by atoms with van der Waals surface area (Å²) in [6.07, 6.45) is 1.21. The predicted molar refractivity (Wildman–Crippen MR) is 76.5 cm³/mol. The van der Waals surface area contributed by atoms with Crippen molar-refractivity contribution in [2.45, 2.75) is 9.92 Å². The summed E-state index contributed by atoms with van der Waals surface area (Å²) >= 11 is 4.62. The molecule has 1 N–H and O–H groups in total. The molecule has 0 amide bonds. The van der Waals surface area contributed by atoms with Crippen LogP contribution in [0, 0.1) is 10.1 Å². The van der Waals surface area contributed by atoms with Gasteiger partial charge in [0.2, 0.25) is 5.95 Å². The van der Waals surface area contributed by atoms with Gasteiger partial charge in [-0.1, -0.05) is 23.9 Å². The second-order valence-electron chi connectivity index (χ2n) is 3.42. The van der Waals surface area contributed by atoms with Crippen molar-refractivity contribution in [3.8, 4) is 0 Å². The van der Waals surface area contributed by atoms with Gasteiger partial charge in [0.1, 0.15) is 6.20 Å². The van der Waals surface area contributed by atoms with E-state index in [2.05, 4.69) is 31.2 Å². The highest BCUT2D eigenvalue weighted by Crippen LogP contribution is 2.36. The summed E-state index contributed by atoms with van der Waals surface area (Å²) in [5, 5.41) is 14.0. The molecule has 19 heavy (non-hydrogen) atoms. The Hall–Kier alpha value is -1.67. The Balaban J connectivity index is 2.43. The zero-order chi connectivity index (χ0) is 13.8. The molecule has 0 radical (unpaired) electrons. The maximum atomic E-state index is 11.0. The van der Waals surface area contributed by atoms with Crippen molar-refractivity contribution in [3.05, 3.63) is 45.0 Å². The van der Waals surface area contributed by atoms with Crippen LogP contribution < -0.4 is 5.32 Å². The minimum Gasteiger partial charge on any atom is -0.357 e. The van der Waals surface area contributed by atoms with Crippen LogP contribution in [-0.2, 0) is 0 Å². The molecule has 0 spiro atoms. The smallest absolute Gasteiger partial charge is 0.320 e. The number of aromatic nitrogens is 2.